The van der Waals surface area contributed by atoms with Gasteiger partial charge in [0.15, 0.2) is 0 Å². The number of methoxy groups -OCH3 is 1. The molecule has 0 radical (unpaired) electrons. The molecule has 4 heteroatoms. The Bertz CT molecular complexity index is 452. The summed E-state index contributed by atoms with van der Waals surface area (Å²) in [6.45, 7) is 2.01. The number of aromatic nitrogens is 1. The Balaban J connectivity index is 2.80. The highest BCUT2D eigenvalue weighted by Gasteiger charge is 2.09. The molecule has 0 atom stereocenters. The van der Waals surface area contributed by atoms with E-state index in [2.05, 4.69) is 20.3 Å². The molecular weight excluding hydrogens is 250 g/mol. The minimum absolute atomic E-state index is 0.858. The van der Waals surface area contributed by atoms with Crippen molar-refractivity contribution < 1.29 is 4.74 Å². The van der Waals surface area contributed by atoms with Gasteiger partial charge in [-0.05, 0) is 46.5 Å². The van der Waals surface area contributed by atoms with E-state index in [0.29, 0.717) is 0 Å². The van der Waals surface area contributed by atoms with Gasteiger partial charge < -0.3 is 4.74 Å². The van der Waals surface area contributed by atoms with E-state index in [1.165, 1.54) is 16.9 Å². The maximum Gasteiger partial charge on any atom is 0.134 e. The standard InChI is InChI=1S/C9H8BrNOS/c1-5-6-3-4-7(12-2)8(10)9(6)13-11-5/h3-4H,1-2H3. The SMILES string of the molecule is COc1ccc2c(C)nsc2c1Br. The predicted octanol–water partition coefficient (Wildman–Crippen LogP) is 3.38. The maximum absolute atomic E-state index is 5.19. The lowest BCUT2D eigenvalue weighted by molar-refractivity contribution is 0.413. The predicted molar refractivity (Wildman–Crippen MR) is 58.6 cm³/mol. The lowest BCUT2D eigenvalue weighted by Gasteiger charge is -2.02. The van der Waals surface area contributed by atoms with Crippen LogP contribution in [0.4, 0.5) is 0 Å². The fourth-order valence-corrected chi connectivity index (χ4v) is 2.78. The summed E-state index contributed by atoms with van der Waals surface area (Å²) >= 11 is 4.99. The molecule has 0 aliphatic heterocycles. The van der Waals surface area contributed by atoms with Crippen LogP contribution in [0.15, 0.2) is 16.6 Å². The molecule has 2 rings (SSSR count). The maximum atomic E-state index is 5.19. The van der Waals surface area contributed by atoms with Crippen LogP contribution in [0.1, 0.15) is 5.69 Å². The zero-order valence-corrected chi connectivity index (χ0v) is 9.70. The van der Waals surface area contributed by atoms with Gasteiger partial charge in [0, 0.05) is 5.39 Å². The van der Waals surface area contributed by atoms with E-state index in [0.717, 1.165) is 20.6 Å². The average Bonchev–Trinajstić information content (AvgIpc) is 2.50. The van der Waals surface area contributed by atoms with Crippen LogP contribution in [0.3, 0.4) is 0 Å². The van der Waals surface area contributed by atoms with Crippen molar-refractivity contribution in [1.29, 1.82) is 0 Å². The average molecular weight is 258 g/mol. The van der Waals surface area contributed by atoms with Gasteiger partial charge in [0.05, 0.1) is 22.0 Å². The molecule has 0 aliphatic rings. The van der Waals surface area contributed by atoms with Crippen LogP contribution < -0.4 is 4.74 Å². The monoisotopic (exact) mass is 257 g/mol. The Labute approximate surface area is 88.8 Å². The number of ether oxygens (including phenoxy) is 1. The number of halogens is 1. The second-order valence-electron chi connectivity index (χ2n) is 2.73. The fourth-order valence-electron chi connectivity index (χ4n) is 1.23. The van der Waals surface area contributed by atoms with Gasteiger partial charge >= 0.3 is 0 Å². The van der Waals surface area contributed by atoms with E-state index in [4.69, 9.17) is 4.74 Å². The zero-order chi connectivity index (χ0) is 9.42. The molecule has 0 saturated heterocycles. The first kappa shape index (κ1) is 8.97. The number of nitrogens with zero attached hydrogens (tertiary/aromatic N) is 1. The Hall–Kier alpha value is -0.610. The largest absolute Gasteiger partial charge is 0.496 e. The molecule has 13 heavy (non-hydrogen) atoms. The number of aryl methyl sites for hydroxylation is 1. The first-order valence-electron chi connectivity index (χ1n) is 3.82. The van der Waals surface area contributed by atoms with Crippen molar-refractivity contribution in [3.8, 4) is 5.75 Å². The normalized spacial score (nSPS) is 10.7. The van der Waals surface area contributed by atoms with E-state index in [1.807, 2.05) is 19.1 Å². The summed E-state index contributed by atoms with van der Waals surface area (Å²) in [6.07, 6.45) is 0. The van der Waals surface area contributed by atoms with E-state index >= 15 is 0 Å². The van der Waals surface area contributed by atoms with Gasteiger partial charge in [0.1, 0.15) is 5.75 Å². The molecular formula is C9H8BrNOS. The summed E-state index contributed by atoms with van der Waals surface area (Å²) in [4.78, 5) is 0. The Morgan fingerprint density at radius 2 is 2.23 bits per heavy atom. The van der Waals surface area contributed by atoms with Crippen LogP contribution in [0, 0.1) is 6.92 Å². The highest BCUT2D eigenvalue weighted by atomic mass is 79.9. The summed E-state index contributed by atoms with van der Waals surface area (Å²) in [6, 6.07) is 3.99. The smallest absolute Gasteiger partial charge is 0.134 e. The molecule has 0 bridgehead atoms. The van der Waals surface area contributed by atoms with E-state index in [9.17, 15) is 0 Å². The van der Waals surface area contributed by atoms with Crippen molar-refractivity contribution in [1.82, 2.24) is 4.37 Å². The van der Waals surface area contributed by atoms with Crippen LogP contribution in [0.5, 0.6) is 5.75 Å². The molecule has 1 heterocycles. The summed E-state index contributed by atoms with van der Waals surface area (Å²) in [5, 5.41) is 1.19. The number of fused-ring (bicyclic) bond motifs is 1. The molecule has 68 valence electrons. The van der Waals surface area contributed by atoms with Crippen LogP contribution in [-0.2, 0) is 0 Å². The van der Waals surface area contributed by atoms with Crippen molar-refractivity contribution in [3.63, 3.8) is 0 Å². The van der Waals surface area contributed by atoms with Gasteiger partial charge in [-0.25, -0.2) is 0 Å². The molecule has 1 aromatic carbocycles. The molecule has 0 fully saturated rings. The summed E-state index contributed by atoms with van der Waals surface area (Å²) in [5.41, 5.74) is 1.07. The van der Waals surface area contributed by atoms with Gasteiger partial charge in [-0.15, -0.1) is 0 Å². The number of benzene rings is 1. The van der Waals surface area contributed by atoms with Crippen molar-refractivity contribution in [2.45, 2.75) is 6.92 Å². The molecule has 0 N–H and O–H groups in total. The third-order valence-electron chi connectivity index (χ3n) is 1.95. The molecule has 0 amide bonds. The molecule has 2 nitrogen and oxygen atoms in total. The second kappa shape index (κ2) is 3.27. The summed E-state index contributed by atoms with van der Waals surface area (Å²) < 4.78 is 11.6. The van der Waals surface area contributed by atoms with Crippen LogP contribution in [0.25, 0.3) is 10.1 Å². The first-order chi connectivity index (χ1) is 6.24. The molecule has 0 aliphatic carbocycles. The lowest BCUT2D eigenvalue weighted by Crippen LogP contribution is -1.83. The van der Waals surface area contributed by atoms with Gasteiger partial charge in [0.25, 0.3) is 0 Å². The Morgan fingerprint density at radius 1 is 1.46 bits per heavy atom. The molecule has 0 unspecified atom stereocenters. The van der Waals surface area contributed by atoms with Gasteiger partial charge in [-0.2, -0.15) is 4.37 Å². The van der Waals surface area contributed by atoms with Crippen molar-refractivity contribution in [3.05, 3.63) is 22.3 Å². The van der Waals surface area contributed by atoms with Crippen LogP contribution >= 0.6 is 27.5 Å². The van der Waals surface area contributed by atoms with Gasteiger partial charge in [0.2, 0.25) is 0 Å². The van der Waals surface area contributed by atoms with Gasteiger partial charge in [-0.1, -0.05) is 0 Å². The van der Waals surface area contributed by atoms with E-state index in [-0.39, 0.29) is 0 Å². The highest BCUT2D eigenvalue weighted by molar-refractivity contribution is 9.10. The van der Waals surface area contributed by atoms with Crippen molar-refractivity contribution in [2.24, 2.45) is 0 Å². The topological polar surface area (TPSA) is 22.1 Å². The molecule has 1 aromatic heterocycles. The fraction of sp³-hybridized carbons (Fsp3) is 0.222. The molecule has 0 saturated carbocycles. The van der Waals surface area contributed by atoms with Crippen molar-refractivity contribution in [2.75, 3.05) is 7.11 Å². The van der Waals surface area contributed by atoms with E-state index in [1.54, 1.807) is 7.11 Å². The van der Waals surface area contributed by atoms with Gasteiger partial charge in [-0.3, -0.25) is 0 Å². The lowest BCUT2D eigenvalue weighted by atomic mass is 10.2. The number of hydrogen-bond acceptors (Lipinski definition) is 3. The third-order valence-corrected chi connectivity index (χ3v) is 3.97. The van der Waals surface area contributed by atoms with E-state index < -0.39 is 0 Å². The second-order valence-corrected chi connectivity index (χ2v) is 4.29. The summed E-state index contributed by atoms with van der Waals surface area (Å²) in [7, 11) is 1.67. The zero-order valence-electron chi connectivity index (χ0n) is 7.30. The van der Waals surface area contributed by atoms with Crippen molar-refractivity contribution >= 4 is 37.5 Å². The first-order valence-corrected chi connectivity index (χ1v) is 5.39. The van der Waals surface area contributed by atoms with Crippen LogP contribution in [-0.4, -0.2) is 11.5 Å². The quantitative estimate of drug-likeness (QED) is 0.782. The Morgan fingerprint density at radius 3 is 2.92 bits per heavy atom. The number of rotatable bonds is 1. The summed E-state index contributed by atoms with van der Waals surface area (Å²) in [5.74, 6) is 0.858. The number of hydrogen-bond donors (Lipinski definition) is 0. The molecule has 2 aromatic rings. The minimum atomic E-state index is 0.858. The Kier molecular flexibility index (Phi) is 2.26. The highest BCUT2D eigenvalue weighted by Crippen LogP contribution is 2.36. The minimum Gasteiger partial charge on any atom is -0.496 e. The molecule has 0 spiro atoms. The third kappa shape index (κ3) is 1.34. The van der Waals surface area contributed by atoms with Crippen LogP contribution in [0.2, 0.25) is 0 Å².